The van der Waals surface area contributed by atoms with Gasteiger partial charge in [0.15, 0.2) is 12.4 Å². The Kier molecular flexibility index (Phi) is 6.62. The highest BCUT2D eigenvalue weighted by molar-refractivity contribution is 6.99. The lowest BCUT2D eigenvalue weighted by Crippen LogP contribution is -2.68. The molecule has 5 rings (SSSR count). The Morgan fingerprint density at radius 1 is 1.08 bits per heavy atom. The molecule has 2 heterocycles. The van der Waals surface area contributed by atoms with Crippen LogP contribution < -0.4 is 21.8 Å². The average molecular weight is 522 g/mol. The third kappa shape index (κ3) is 4.35. The normalized spacial score (nSPS) is 26.4. The van der Waals surface area contributed by atoms with Crippen molar-refractivity contribution in [1.82, 2.24) is 9.55 Å². The van der Waals surface area contributed by atoms with Crippen molar-refractivity contribution < 1.29 is 13.6 Å². The van der Waals surface area contributed by atoms with Crippen LogP contribution in [0.2, 0.25) is 5.04 Å². The van der Waals surface area contributed by atoms with Gasteiger partial charge in [0.05, 0.1) is 6.61 Å². The van der Waals surface area contributed by atoms with Gasteiger partial charge in [-0.1, -0.05) is 88.4 Å². The number of hydrogen-bond donors (Lipinski definition) is 1. The van der Waals surface area contributed by atoms with Crippen molar-refractivity contribution in [2.45, 2.75) is 63.6 Å². The zero-order valence-corrected chi connectivity index (χ0v) is 22.9. The number of benzene rings is 2. The molecule has 37 heavy (non-hydrogen) atoms. The summed E-state index contributed by atoms with van der Waals surface area (Å²) in [6.07, 6.45) is 0.914. The molecule has 0 spiro atoms. The highest BCUT2D eigenvalue weighted by Gasteiger charge is 2.62. The molecule has 1 aliphatic carbocycles. The van der Waals surface area contributed by atoms with Gasteiger partial charge in [-0.2, -0.15) is 4.98 Å². The minimum absolute atomic E-state index is 0.103. The summed E-state index contributed by atoms with van der Waals surface area (Å²) in [5.74, 6) is -0.194. The Hall–Kier alpha value is -2.81. The second kappa shape index (κ2) is 9.49. The van der Waals surface area contributed by atoms with Crippen LogP contribution in [0.25, 0.3) is 0 Å². The Balaban J connectivity index is 1.57. The number of hydrogen-bond acceptors (Lipinski definition) is 5. The molecule has 2 fully saturated rings. The standard InChI is InChI=1S/C29H36FN3O3Si/c1-20-25(30)26(33-18-17-24(31)32-27(33)34)36-29(20,21-15-16-21)19-35-37(28(2,3)4,22-11-7-5-8-12-22)23-13-9-6-10-14-23/h5-14,17-18,20-21,25-26H,15-16,19H2,1-4H3,(H2,31,32,34)/t20-,25+,26+,29+/m0/s1. The van der Waals surface area contributed by atoms with Crippen LogP contribution in [0.15, 0.2) is 77.7 Å². The number of anilines is 1. The number of nitrogen functional groups attached to an aromatic ring is 1. The van der Waals surface area contributed by atoms with E-state index in [1.54, 1.807) is 0 Å². The number of ether oxygens (including phenoxy) is 1. The topological polar surface area (TPSA) is 79.4 Å². The number of nitrogens with zero attached hydrogens (tertiary/aromatic N) is 2. The molecule has 0 amide bonds. The van der Waals surface area contributed by atoms with Gasteiger partial charge in [0.2, 0.25) is 0 Å². The van der Waals surface area contributed by atoms with Gasteiger partial charge in [0.25, 0.3) is 8.32 Å². The first kappa shape index (κ1) is 25.8. The maximum absolute atomic E-state index is 15.9. The number of alkyl halides is 1. The maximum atomic E-state index is 15.9. The van der Waals surface area contributed by atoms with Gasteiger partial charge >= 0.3 is 5.69 Å². The summed E-state index contributed by atoms with van der Waals surface area (Å²) < 4.78 is 31.0. The summed E-state index contributed by atoms with van der Waals surface area (Å²) in [7, 11) is -2.85. The van der Waals surface area contributed by atoms with E-state index in [-0.39, 0.29) is 23.4 Å². The zero-order chi connectivity index (χ0) is 26.4. The summed E-state index contributed by atoms with van der Waals surface area (Å²) in [6, 6.07) is 22.3. The molecule has 1 saturated carbocycles. The summed E-state index contributed by atoms with van der Waals surface area (Å²) in [5.41, 5.74) is 4.21. The first-order valence-corrected chi connectivity index (χ1v) is 14.9. The summed E-state index contributed by atoms with van der Waals surface area (Å²) in [5, 5.41) is 2.12. The molecule has 3 aromatic rings. The zero-order valence-electron chi connectivity index (χ0n) is 21.9. The lowest BCUT2D eigenvalue weighted by Gasteiger charge is -2.45. The van der Waals surface area contributed by atoms with Crippen molar-refractivity contribution in [1.29, 1.82) is 0 Å². The molecule has 1 aromatic heterocycles. The van der Waals surface area contributed by atoms with Gasteiger partial charge in [-0.05, 0) is 40.2 Å². The van der Waals surface area contributed by atoms with Gasteiger partial charge in [-0.15, -0.1) is 0 Å². The summed E-state index contributed by atoms with van der Waals surface area (Å²) >= 11 is 0. The highest BCUT2D eigenvalue weighted by Crippen LogP contribution is 2.55. The van der Waals surface area contributed by atoms with Crippen molar-refractivity contribution in [2.24, 2.45) is 11.8 Å². The van der Waals surface area contributed by atoms with E-state index < -0.39 is 37.9 Å². The van der Waals surface area contributed by atoms with E-state index in [1.807, 2.05) is 19.1 Å². The molecule has 2 aliphatic rings. The first-order valence-electron chi connectivity index (χ1n) is 13.0. The largest absolute Gasteiger partial charge is 0.404 e. The smallest absolute Gasteiger partial charge is 0.351 e. The molecule has 2 N–H and O–H groups in total. The van der Waals surface area contributed by atoms with Crippen molar-refractivity contribution in [3.05, 3.63) is 83.4 Å². The van der Waals surface area contributed by atoms with E-state index in [9.17, 15) is 4.79 Å². The quantitative estimate of drug-likeness (QED) is 0.475. The Bertz CT molecular complexity index is 1250. The van der Waals surface area contributed by atoms with Crippen LogP contribution >= 0.6 is 0 Å². The second-order valence-corrected chi connectivity index (χ2v) is 15.8. The predicted molar refractivity (Wildman–Crippen MR) is 146 cm³/mol. The van der Waals surface area contributed by atoms with Crippen LogP contribution in [0.3, 0.4) is 0 Å². The van der Waals surface area contributed by atoms with E-state index in [0.29, 0.717) is 0 Å². The number of rotatable bonds is 7. The fraction of sp³-hybridized carbons (Fsp3) is 0.448. The minimum atomic E-state index is -2.85. The molecular formula is C29H36FN3O3Si. The third-order valence-corrected chi connectivity index (χ3v) is 13.2. The molecule has 1 aliphatic heterocycles. The number of nitrogens with two attached hydrogens (primary N) is 1. The van der Waals surface area contributed by atoms with Crippen molar-refractivity contribution in [3.63, 3.8) is 0 Å². The fourth-order valence-corrected chi connectivity index (χ4v) is 10.6. The van der Waals surface area contributed by atoms with Crippen LogP contribution in [0.1, 0.15) is 46.8 Å². The second-order valence-electron chi connectivity index (χ2n) is 11.5. The highest BCUT2D eigenvalue weighted by atomic mass is 28.4. The van der Waals surface area contributed by atoms with E-state index in [2.05, 4.69) is 74.3 Å². The number of halogens is 1. The molecule has 196 valence electrons. The van der Waals surface area contributed by atoms with Crippen molar-refractivity contribution >= 4 is 24.5 Å². The molecule has 0 radical (unpaired) electrons. The SMILES string of the molecule is C[C@H]1[C@@H](F)[C@H](n2ccc(N)nc2=O)O[C@@]1(CO[Si](c1ccccc1)(c1ccccc1)C(C)(C)C)C1CC1. The number of aromatic nitrogens is 2. The van der Waals surface area contributed by atoms with Crippen LogP contribution in [0, 0.1) is 11.8 Å². The molecule has 6 nitrogen and oxygen atoms in total. The van der Waals surface area contributed by atoms with E-state index >= 15 is 4.39 Å². The van der Waals surface area contributed by atoms with E-state index in [1.165, 1.54) is 16.8 Å². The summed E-state index contributed by atoms with van der Waals surface area (Å²) in [6.45, 7) is 8.81. The van der Waals surface area contributed by atoms with Gasteiger partial charge in [-0.25, -0.2) is 9.18 Å². The maximum Gasteiger partial charge on any atom is 0.351 e. The lowest BCUT2D eigenvalue weighted by atomic mass is 9.84. The minimum Gasteiger partial charge on any atom is -0.404 e. The van der Waals surface area contributed by atoms with Crippen LogP contribution in [0.4, 0.5) is 10.2 Å². The van der Waals surface area contributed by atoms with Gasteiger partial charge in [0, 0.05) is 12.1 Å². The monoisotopic (exact) mass is 521 g/mol. The Morgan fingerprint density at radius 3 is 2.14 bits per heavy atom. The third-order valence-electron chi connectivity index (χ3n) is 8.19. The van der Waals surface area contributed by atoms with E-state index in [4.69, 9.17) is 14.9 Å². The van der Waals surface area contributed by atoms with E-state index in [0.717, 1.165) is 23.2 Å². The van der Waals surface area contributed by atoms with Crippen LogP contribution in [0.5, 0.6) is 0 Å². The van der Waals surface area contributed by atoms with Gasteiger partial charge in [0.1, 0.15) is 11.4 Å². The summed E-state index contributed by atoms with van der Waals surface area (Å²) in [4.78, 5) is 16.4. The molecule has 2 aromatic carbocycles. The van der Waals surface area contributed by atoms with Crippen molar-refractivity contribution in [3.8, 4) is 0 Å². The van der Waals surface area contributed by atoms with Gasteiger partial charge < -0.3 is 14.9 Å². The molecular weight excluding hydrogens is 485 g/mol. The molecule has 0 bridgehead atoms. The fourth-order valence-electron chi connectivity index (χ4n) is 6.05. The molecule has 4 atom stereocenters. The molecule has 1 saturated heterocycles. The molecule has 0 unspecified atom stereocenters. The average Bonchev–Trinajstić information content (AvgIpc) is 3.69. The Labute approximate surface area is 218 Å². The lowest BCUT2D eigenvalue weighted by molar-refractivity contribution is -0.123. The first-order chi connectivity index (χ1) is 17.6. The predicted octanol–water partition coefficient (Wildman–Crippen LogP) is 4.05. The van der Waals surface area contributed by atoms with Crippen LogP contribution in [-0.2, 0) is 9.16 Å². The van der Waals surface area contributed by atoms with Crippen LogP contribution in [-0.4, -0.2) is 36.2 Å². The Morgan fingerprint density at radius 2 is 1.65 bits per heavy atom. The van der Waals surface area contributed by atoms with Crippen molar-refractivity contribution in [2.75, 3.05) is 12.3 Å². The van der Waals surface area contributed by atoms with Gasteiger partial charge in [-0.3, -0.25) is 4.57 Å². The molecule has 8 heteroatoms.